The SMILES string of the molecule is CCN1CC(=O)c2c(nc(/C=C/c3ccc(OC)c(OC)c3)n2C)N(CC)C1=O. The van der Waals surface area contributed by atoms with Gasteiger partial charge >= 0.3 is 6.03 Å². The Hall–Kier alpha value is -3.29. The highest BCUT2D eigenvalue weighted by Crippen LogP contribution is 2.29. The number of methoxy groups -OCH3 is 2. The number of likely N-dealkylation sites (N-methyl/N-ethyl adjacent to an activating group) is 1. The Morgan fingerprint density at radius 3 is 2.41 bits per heavy atom. The van der Waals surface area contributed by atoms with Gasteiger partial charge in [0.15, 0.2) is 17.3 Å². The molecule has 0 spiro atoms. The molecule has 2 heterocycles. The molecule has 0 aliphatic carbocycles. The van der Waals surface area contributed by atoms with Gasteiger partial charge in [0.1, 0.15) is 11.5 Å². The Morgan fingerprint density at radius 1 is 1.07 bits per heavy atom. The van der Waals surface area contributed by atoms with Crippen LogP contribution < -0.4 is 14.4 Å². The quantitative estimate of drug-likeness (QED) is 0.747. The van der Waals surface area contributed by atoms with Crippen LogP contribution in [0.25, 0.3) is 12.2 Å². The van der Waals surface area contributed by atoms with E-state index >= 15 is 0 Å². The number of imidazole rings is 1. The van der Waals surface area contributed by atoms with Crippen molar-refractivity contribution in [1.29, 1.82) is 0 Å². The summed E-state index contributed by atoms with van der Waals surface area (Å²) >= 11 is 0. The van der Waals surface area contributed by atoms with E-state index in [9.17, 15) is 9.59 Å². The maximum Gasteiger partial charge on any atom is 0.326 e. The van der Waals surface area contributed by atoms with Crippen LogP contribution in [0.2, 0.25) is 0 Å². The molecule has 0 saturated carbocycles. The molecular formula is C21H26N4O4. The number of amides is 2. The predicted molar refractivity (Wildman–Crippen MR) is 112 cm³/mol. The number of ether oxygens (including phenoxy) is 2. The van der Waals surface area contributed by atoms with Gasteiger partial charge in [-0.1, -0.05) is 12.1 Å². The van der Waals surface area contributed by atoms with Crippen molar-refractivity contribution < 1.29 is 19.1 Å². The van der Waals surface area contributed by atoms with E-state index in [2.05, 4.69) is 4.98 Å². The molecule has 0 fully saturated rings. The zero-order valence-electron chi connectivity index (χ0n) is 17.4. The van der Waals surface area contributed by atoms with E-state index in [1.54, 1.807) is 30.7 Å². The Labute approximate surface area is 170 Å². The molecule has 2 amide bonds. The molecular weight excluding hydrogens is 372 g/mol. The Kier molecular flexibility index (Phi) is 5.91. The normalized spacial score (nSPS) is 14.4. The van der Waals surface area contributed by atoms with E-state index in [4.69, 9.17) is 9.47 Å². The molecule has 0 bridgehead atoms. The molecule has 2 aromatic rings. The van der Waals surface area contributed by atoms with Gasteiger partial charge in [-0.25, -0.2) is 9.78 Å². The fraction of sp³-hybridized carbons (Fsp3) is 0.381. The average molecular weight is 398 g/mol. The number of rotatable bonds is 6. The van der Waals surface area contributed by atoms with Crippen molar-refractivity contribution in [2.24, 2.45) is 7.05 Å². The molecule has 0 atom stereocenters. The predicted octanol–water partition coefficient (Wildman–Crippen LogP) is 3.07. The van der Waals surface area contributed by atoms with Crippen molar-refractivity contribution in [3.63, 3.8) is 0 Å². The lowest BCUT2D eigenvalue weighted by atomic mass is 10.2. The summed E-state index contributed by atoms with van der Waals surface area (Å²) in [6.07, 6.45) is 3.70. The van der Waals surface area contributed by atoms with E-state index in [0.717, 1.165) is 5.56 Å². The van der Waals surface area contributed by atoms with Crippen molar-refractivity contribution >= 4 is 29.8 Å². The number of ketones is 1. The number of urea groups is 1. The third-order valence-electron chi connectivity index (χ3n) is 5.00. The van der Waals surface area contributed by atoms with Crippen LogP contribution in [0.15, 0.2) is 18.2 Å². The van der Waals surface area contributed by atoms with Gasteiger partial charge in [-0.15, -0.1) is 0 Å². The van der Waals surface area contributed by atoms with Gasteiger partial charge in [0.25, 0.3) is 0 Å². The second kappa shape index (κ2) is 8.38. The van der Waals surface area contributed by atoms with Crippen LogP contribution in [0, 0.1) is 0 Å². The zero-order valence-corrected chi connectivity index (χ0v) is 17.4. The lowest BCUT2D eigenvalue weighted by Gasteiger charge is -2.24. The molecule has 1 aliphatic rings. The van der Waals surface area contributed by atoms with Gasteiger partial charge in [0, 0.05) is 20.1 Å². The highest BCUT2D eigenvalue weighted by atomic mass is 16.5. The summed E-state index contributed by atoms with van der Waals surface area (Å²) in [6, 6.07) is 5.38. The Balaban J connectivity index is 1.99. The van der Waals surface area contributed by atoms with Gasteiger partial charge in [0.05, 0.1) is 20.8 Å². The summed E-state index contributed by atoms with van der Waals surface area (Å²) in [6.45, 7) is 4.70. The van der Waals surface area contributed by atoms with Crippen molar-refractivity contribution in [2.45, 2.75) is 13.8 Å². The number of carbonyl (C=O) groups is 2. The van der Waals surface area contributed by atoms with Gasteiger partial charge in [-0.3, -0.25) is 9.69 Å². The topological polar surface area (TPSA) is 76.9 Å². The minimum Gasteiger partial charge on any atom is -0.493 e. The summed E-state index contributed by atoms with van der Waals surface area (Å²) in [4.78, 5) is 33.3. The molecule has 0 N–H and O–H groups in total. The van der Waals surface area contributed by atoms with Crippen molar-refractivity contribution in [3.05, 3.63) is 35.3 Å². The maximum atomic E-state index is 12.8. The van der Waals surface area contributed by atoms with Gasteiger partial charge in [0.2, 0.25) is 5.78 Å². The second-order valence-electron chi connectivity index (χ2n) is 6.61. The van der Waals surface area contributed by atoms with Crippen LogP contribution in [0.4, 0.5) is 10.6 Å². The third kappa shape index (κ3) is 3.70. The summed E-state index contributed by atoms with van der Waals surface area (Å²) in [5, 5.41) is 0. The first-order valence-electron chi connectivity index (χ1n) is 9.51. The standard InChI is InChI=1S/C21H26N4O4/c1-6-24-13-15(26)19-20(25(7-2)21(24)27)22-18(23(19)3)11-9-14-8-10-16(28-4)17(12-14)29-5/h8-12H,6-7,13H2,1-5H3/b11-9+. The summed E-state index contributed by atoms with van der Waals surface area (Å²) in [5.74, 6) is 2.16. The van der Waals surface area contributed by atoms with E-state index in [1.807, 2.05) is 44.2 Å². The van der Waals surface area contributed by atoms with Crippen molar-refractivity contribution in [1.82, 2.24) is 14.5 Å². The Bertz CT molecular complexity index is 964. The van der Waals surface area contributed by atoms with Crippen LogP contribution in [-0.4, -0.2) is 60.1 Å². The van der Waals surface area contributed by atoms with Crippen molar-refractivity contribution in [2.75, 3.05) is 38.8 Å². The number of benzene rings is 1. The first-order chi connectivity index (χ1) is 13.9. The number of Topliss-reactive ketones (excluding diaryl/α,β-unsaturated/α-hetero) is 1. The number of carbonyl (C=O) groups excluding carboxylic acids is 2. The number of aromatic nitrogens is 2. The lowest BCUT2D eigenvalue weighted by Crippen LogP contribution is -2.43. The summed E-state index contributed by atoms with van der Waals surface area (Å²) in [5.41, 5.74) is 1.34. The van der Waals surface area contributed by atoms with Crippen LogP contribution in [0.1, 0.15) is 35.7 Å². The molecule has 0 unspecified atom stereocenters. The molecule has 1 aliphatic heterocycles. The fourth-order valence-corrected chi connectivity index (χ4v) is 3.39. The lowest BCUT2D eigenvalue weighted by molar-refractivity contribution is 0.0946. The molecule has 1 aromatic heterocycles. The molecule has 8 nitrogen and oxygen atoms in total. The van der Waals surface area contributed by atoms with Gasteiger partial charge in [-0.05, 0) is 37.6 Å². The molecule has 8 heteroatoms. The smallest absolute Gasteiger partial charge is 0.326 e. The molecule has 29 heavy (non-hydrogen) atoms. The second-order valence-corrected chi connectivity index (χ2v) is 6.61. The fourth-order valence-electron chi connectivity index (χ4n) is 3.39. The summed E-state index contributed by atoms with van der Waals surface area (Å²) < 4.78 is 12.3. The molecule has 154 valence electrons. The minimum absolute atomic E-state index is 0.0528. The molecule has 1 aromatic carbocycles. The third-order valence-corrected chi connectivity index (χ3v) is 5.00. The van der Waals surface area contributed by atoms with Crippen LogP contribution in [0.3, 0.4) is 0 Å². The highest BCUT2D eigenvalue weighted by Gasteiger charge is 2.34. The Morgan fingerprint density at radius 2 is 1.79 bits per heavy atom. The van der Waals surface area contributed by atoms with E-state index < -0.39 is 0 Å². The van der Waals surface area contributed by atoms with E-state index in [0.29, 0.717) is 41.9 Å². The monoisotopic (exact) mass is 398 g/mol. The minimum atomic E-state index is -0.198. The molecule has 0 radical (unpaired) electrons. The number of hydrogen-bond donors (Lipinski definition) is 0. The summed E-state index contributed by atoms with van der Waals surface area (Å²) in [7, 11) is 4.96. The largest absolute Gasteiger partial charge is 0.493 e. The molecule has 0 saturated heterocycles. The average Bonchev–Trinajstić information content (AvgIpc) is 3.01. The number of anilines is 1. The highest BCUT2D eigenvalue weighted by molar-refractivity contribution is 6.09. The van der Waals surface area contributed by atoms with Gasteiger partial charge in [-0.2, -0.15) is 0 Å². The van der Waals surface area contributed by atoms with E-state index in [-0.39, 0.29) is 18.4 Å². The van der Waals surface area contributed by atoms with Crippen LogP contribution >= 0.6 is 0 Å². The zero-order chi connectivity index (χ0) is 21.1. The maximum absolute atomic E-state index is 12.8. The van der Waals surface area contributed by atoms with Crippen LogP contribution in [0.5, 0.6) is 11.5 Å². The van der Waals surface area contributed by atoms with Gasteiger partial charge < -0.3 is 18.9 Å². The van der Waals surface area contributed by atoms with E-state index in [1.165, 1.54) is 4.90 Å². The van der Waals surface area contributed by atoms with Crippen LogP contribution in [-0.2, 0) is 7.05 Å². The number of nitrogens with zero attached hydrogens (tertiary/aromatic N) is 4. The first-order valence-corrected chi connectivity index (χ1v) is 9.51. The number of hydrogen-bond acceptors (Lipinski definition) is 5. The number of fused-ring (bicyclic) bond motifs is 1. The van der Waals surface area contributed by atoms with Crippen molar-refractivity contribution in [3.8, 4) is 11.5 Å². The molecule has 3 rings (SSSR count). The first kappa shape index (κ1) is 20.4.